The van der Waals surface area contributed by atoms with Crippen LogP contribution in [0, 0.1) is 0 Å². The molecule has 6 aromatic rings. The first-order valence-electron chi connectivity index (χ1n) is 12.0. The molecular weight excluding hydrogens is 442 g/mol. The van der Waals surface area contributed by atoms with Crippen LogP contribution in [0.25, 0.3) is 44.8 Å². The van der Waals surface area contributed by atoms with Crippen molar-refractivity contribution in [3.63, 3.8) is 0 Å². The number of benzene rings is 4. The van der Waals surface area contributed by atoms with E-state index in [2.05, 4.69) is 70.2 Å². The molecule has 2 heterocycles. The molecule has 174 valence electrons. The van der Waals surface area contributed by atoms with Gasteiger partial charge < -0.3 is 9.67 Å². The van der Waals surface area contributed by atoms with Crippen molar-refractivity contribution in [1.82, 2.24) is 14.5 Å². The van der Waals surface area contributed by atoms with Crippen LogP contribution in [0.5, 0.6) is 5.75 Å². The molecule has 0 atom stereocenters. The van der Waals surface area contributed by atoms with Gasteiger partial charge in [0.1, 0.15) is 11.6 Å². The van der Waals surface area contributed by atoms with E-state index in [4.69, 9.17) is 4.98 Å². The number of para-hydroxylation sites is 1. The number of phenolic OH excluding ortho intramolecular Hbond substituents is 1. The van der Waals surface area contributed by atoms with E-state index in [9.17, 15) is 5.11 Å². The summed E-state index contributed by atoms with van der Waals surface area (Å²) in [5.41, 5.74) is 9.26. The van der Waals surface area contributed by atoms with Crippen molar-refractivity contribution in [2.75, 3.05) is 0 Å². The zero-order valence-electron chi connectivity index (χ0n) is 20.0. The first kappa shape index (κ1) is 21.8. The number of aryl methyl sites for hydroxylation is 1. The molecule has 4 aromatic carbocycles. The first-order valence-corrected chi connectivity index (χ1v) is 12.0. The van der Waals surface area contributed by atoms with Gasteiger partial charge in [0.2, 0.25) is 0 Å². The van der Waals surface area contributed by atoms with Crippen LogP contribution in [0.3, 0.4) is 0 Å². The van der Waals surface area contributed by atoms with Gasteiger partial charge in [0.15, 0.2) is 0 Å². The summed E-state index contributed by atoms with van der Waals surface area (Å²) < 4.78 is 2.07. The molecule has 36 heavy (non-hydrogen) atoms. The van der Waals surface area contributed by atoms with Gasteiger partial charge in [-0.05, 0) is 65.6 Å². The van der Waals surface area contributed by atoms with Crippen molar-refractivity contribution < 1.29 is 5.11 Å². The van der Waals surface area contributed by atoms with Crippen molar-refractivity contribution in [2.45, 2.75) is 6.42 Å². The highest BCUT2D eigenvalue weighted by Gasteiger charge is 2.18. The van der Waals surface area contributed by atoms with Crippen LogP contribution in [0.1, 0.15) is 11.1 Å². The van der Waals surface area contributed by atoms with Gasteiger partial charge in [0.05, 0.1) is 22.3 Å². The Bertz CT molecular complexity index is 1670. The van der Waals surface area contributed by atoms with Crippen LogP contribution in [0.4, 0.5) is 0 Å². The molecule has 0 bridgehead atoms. The SMILES string of the molecule is Cn1c(-c2ccccc2O)nc2c(-c3cccc(-c4ccccn4)c3)cc(Cc3ccccc3)cc21. The lowest BCUT2D eigenvalue weighted by atomic mass is 9.96. The second kappa shape index (κ2) is 9.16. The number of rotatable bonds is 5. The summed E-state index contributed by atoms with van der Waals surface area (Å²) in [6, 6.07) is 36.7. The summed E-state index contributed by atoms with van der Waals surface area (Å²) in [7, 11) is 2.01. The fourth-order valence-corrected chi connectivity index (χ4v) is 4.78. The van der Waals surface area contributed by atoms with Crippen LogP contribution in [0.15, 0.2) is 115 Å². The maximum Gasteiger partial charge on any atom is 0.144 e. The second-order valence-corrected chi connectivity index (χ2v) is 8.98. The Labute approximate surface area is 210 Å². The van der Waals surface area contributed by atoms with Crippen LogP contribution < -0.4 is 0 Å². The second-order valence-electron chi connectivity index (χ2n) is 8.98. The molecule has 0 spiro atoms. The third kappa shape index (κ3) is 4.03. The van der Waals surface area contributed by atoms with Crippen molar-refractivity contribution in [2.24, 2.45) is 7.05 Å². The van der Waals surface area contributed by atoms with E-state index in [0.717, 1.165) is 45.7 Å². The number of fused-ring (bicyclic) bond motifs is 1. The van der Waals surface area contributed by atoms with Crippen molar-refractivity contribution >= 4 is 11.0 Å². The number of pyridine rings is 1. The molecule has 0 aliphatic carbocycles. The minimum Gasteiger partial charge on any atom is -0.507 e. The third-order valence-corrected chi connectivity index (χ3v) is 6.58. The summed E-state index contributed by atoms with van der Waals surface area (Å²) in [5, 5.41) is 10.6. The van der Waals surface area contributed by atoms with Gasteiger partial charge in [0.25, 0.3) is 0 Å². The fourth-order valence-electron chi connectivity index (χ4n) is 4.78. The van der Waals surface area contributed by atoms with Crippen LogP contribution in [-0.2, 0) is 13.5 Å². The quantitative estimate of drug-likeness (QED) is 0.290. The van der Waals surface area contributed by atoms with E-state index in [-0.39, 0.29) is 5.75 Å². The molecule has 2 aromatic heterocycles. The normalized spacial score (nSPS) is 11.1. The predicted octanol–water partition coefficient (Wildman–Crippen LogP) is 7.27. The molecule has 0 fully saturated rings. The summed E-state index contributed by atoms with van der Waals surface area (Å²) in [6.45, 7) is 0. The Morgan fingerprint density at radius 2 is 1.47 bits per heavy atom. The van der Waals surface area contributed by atoms with E-state index in [1.165, 1.54) is 11.1 Å². The molecule has 4 nitrogen and oxygen atoms in total. The monoisotopic (exact) mass is 467 g/mol. The highest BCUT2D eigenvalue weighted by molar-refractivity contribution is 5.96. The molecule has 0 saturated carbocycles. The minimum absolute atomic E-state index is 0.221. The summed E-state index contributed by atoms with van der Waals surface area (Å²) in [4.78, 5) is 9.60. The molecule has 0 aliphatic rings. The number of imidazole rings is 1. The van der Waals surface area contributed by atoms with Crippen molar-refractivity contribution in [1.29, 1.82) is 0 Å². The highest BCUT2D eigenvalue weighted by atomic mass is 16.3. The molecule has 1 N–H and O–H groups in total. The number of phenols is 1. The third-order valence-electron chi connectivity index (χ3n) is 6.58. The molecule has 0 unspecified atom stereocenters. The number of hydrogen-bond donors (Lipinski definition) is 1. The molecular formula is C32H25N3O. The summed E-state index contributed by atoms with van der Waals surface area (Å²) in [5.74, 6) is 0.959. The molecule has 0 aliphatic heterocycles. The lowest BCUT2D eigenvalue weighted by Crippen LogP contribution is -1.95. The van der Waals surface area contributed by atoms with Crippen LogP contribution in [0.2, 0.25) is 0 Å². The smallest absolute Gasteiger partial charge is 0.144 e. The Morgan fingerprint density at radius 1 is 0.694 bits per heavy atom. The standard InChI is InChI=1S/C32H25N3O/c1-35-29-20-23(18-22-10-3-2-4-11-22)19-27(31(29)34-32(35)26-14-5-6-16-30(26)36)24-12-9-13-25(21-24)28-15-7-8-17-33-28/h2-17,19-21,36H,18H2,1H3. The summed E-state index contributed by atoms with van der Waals surface area (Å²) >= 11 is 0. The Kier molecular flexibility index (Phi) is 5.55. The molecule has 0 saturated heterocycles. The topological polar surface area (TPSA) is 50.9 Å². The number of hydrogen-bond acceptors (Lipinski definition) is 3. The van der Waals surface area contributed by atoms with Crippen molar-refractivity contribution in [3.05, 3.63) is 127 Å². The molecule has 0 radical (unpaired) electrons. The lowest BCUT2D eigenvalue weighted by molar-refractivity contribution is 0.476. The first-order chi connectivity index (χ1) is 17.7. The zero-order chi connectivity index (χ0) is 24.5. The maximum atomic E-state index is 10.6. The van der Waals surface area contributed by atoms with Crippen LogP contribution >= 0.6 is 0 Å². The highest BCUT2D eigenvalue weighted by Crippen LogP contribution is 2.36. The average molecular weight is 468 g/mol. The van der Waals surface area contributed by atoms with Crippen LogP contribution in [-0.4, -0.2) is 19.6 Å². The van der Waals surface area contributed by atoms with E-state index in [1.807, 2.05) is 55.7 Å². The lowest BCUT2D eigenvalue weighted by Gasteiger charge is -2.10. The van der Waals surface area contributed by atoms with E-state index in [1.54, 1.807) is 6.07 Å². The van der Waals surface area contributed by atoms with Gasteiger partial charge in [-0.25, -0.2) is 4.98 Å². The van der Waals surface area contributed by atoms with Gasteiger partial charge in [-0.3, -0.25) is 4.98 Å². The number of aromatic hydroxyl groups is 1. The van der Waals surface area contributed by atoms with E-state index < -0.39 is 0 Å². The maximum absolute atomic E-state index is 10.6. The fraction of sp³-hybridized carbons (Fsp3) is 0.0625. The van der Waals surface area contributed by atoms with Gasteiger partial charge in [-0.15, -0.1) is 0 Å². The van der Waals surface area contributed by atoms with Gasteiger partial charge in [-0.1, -0.05) is 66.7 Å². The Morgan fingerprint density at radius 3 is 2.28 bits per heavy atom. The Balaban J connectivity index is 1.57. The number of aromatic nitrogens is 3. The molecule has 0 amide bonds. The molecule has 4 heteroatoms. The average Bonchev–Trinajstić information content (AvgIpc) is 3.25. The Hall–Kier alpha value is -4.70. The number of nitrogens with zero attached hydrogens (tertiary/aromatic N) is 3. The summed E-state index contributed by atoms with van der Waals surface area (Å²) in [6.07, 6.45) is 2.64. The van der Waals surface area contributed by atoms with E-state index in [0.29, 0.717) is 5.56 Å². The van der Waals surface area contributed by atoms with E-state index >= 15 is 0 Å². The van der Waals surface area contributed by atoms with Gasteiger partial charge in [0, 0.05) is 24.4 Å². The zero-order valence-corrected chi connectivity index (χ0v) is 20.0. The van der Waals surface area contributed by atoms with Gasteiger partial charge in [-0.2, -0.15) is 0 Å². The minimum atomic E-state index is 0.221. The largest absolute Gasteiger partial charge is 0.507 e. The molecule has 6 rings (SSSR count). The predicted molar refractivity (Wildman–Crippen MR) is 146 cm³/mol. The van der Waals surface area contributed by atoms with Gasteiger partial charge >= 0.3 is 0 Å². The van der Waals surface area contributed by atoms with Crippen molar-refractivity contribution in [3.8, 4) is 39.5 Å².